The Kier molecular flexibility index (Phi) is 4.07. The number of hydrogen-bond acceptors (Lipinski definition) is 2. The predicted molar refractivity (Wildman–Crippen MR) is 75.3 cm³/mol. The van der Waals surface area contributed by atoms with Gasteiger partial charge in [-0.2, -0.15) is 0 Å². The first kappa shape index (κ1) is 12.7. The summed E-state index contributed by atoms with van der Waals surface area (Å²) in [5.74, 6) is 0. The van der Waals surface area contributed by atoms with Crippen molar-refractivity contribution in [2.24, 2.45) is 0 Å². The third-order valence-electron chi connectivity index (χ3n) is 3.22. The maximum atomic E-state index is 11.6. The van der Waals surface area contributed by atoms with Crippen molar-refractivity contribution in [2.75, 3.05) is 30.4 Å². The van der Waals surface area contributed by atoms with E-state index in [0.717, 1.165) is 25.1 Å². The quantitative estimate of drug-likeness (QED) is 0.862. The van der Waals surface area contributed by atoms with Crippen molar-refractivity contribution in [1.29, 1.82) is 0 Å². The number of aryl methyl sites for hydroxylation is 1. The van der Waals surface area contributed by atoms with Gasteiger partial charge in [0.15, 0.2) is 0 Å². The molecular formula is C14H21N3O. The maximum Gasteiger partial charge on any atom is 0.319 e. The van der Waals surface area contributed by atoms with Crippen LogP contribution in [0.25, 0.3) is 0 Å². The van der Waals surface area contributed by atoms with E-state index in [4.69, 9.17) is 0 Å². The molecule has 2 N–H and O–H groups in total. The molecule has 0 atom stereocenters. The van der Waals surface area contributed by atoms with E-state index in [9.17, 15) is 4.79 Å². The molecule has 1 aromatic carbocycles. The molecule has 4 nitrogen and oxygen atoms in total. The molecule has 1 heterocycles. The Balaban J connectivity index is 2.04. The van der Waals surface area contributed by atoms with Crippen LogP contribution in [0.2, 0.25) is 0 Å². The standard InChI is InChI=1S/C14H21N3O/c1-3-8-15-14(18)16-12-6-7-13-11(10-12)5-4-9-17(13)2/h6-7,10H,3-5,8-9H2,1-2H3,(H2,15,16,18). The zero-order valence-electron chi connectivity index (χ0n) is 11.1. The first-order valence-corrected chi connectivity index (χ1v) is 6.59. The lowest BCUT2D eigenvalue weighted by atomic mass is 10.0. The van der Waals surface area contributed by atoms with Gasteiger partial charge in [-0.05, 0) is 43.0 Å². The largest absolute Gasteiger partial charge is 0.374 e. The van der Waals surface area contributed by atoms with Crippen LogP contribution in [0.15, 0.2) is 18.2 Å². The molecule has 18 heavy (non-hydrogen) atoms. The van der Waals surface area contributed by atoms with Gasteiger partial charge in [0.2, 0.25) is 0 Å². The van der Waals surface area contributed by atoms with Crippen molar-refractivity contribution < 1.29 is 4.79 Å². The van der Waals surface area contributed by atoms with E-state index < -0.39 is 0 Å². The van der Waals surface area contributed by atoms with Gasteiger partial charge >= 0.3 is 6.03 Å². The van der Waals surface area contributed by atoms with E-state index in [1.165, 1.54) is 17.7 Å². The Hall–Kier alpha value is -1.71. The highest BCUT2D eigenvalue weighted by molar-refractivity contribution is 5.89. The third-order valence-corrected chi connectivity index (χ3v) is 3.22. The molecule has 0 saturated carbocycles. The Morgan fingerprint density at radius 1 is 1.44 bits per heavy atom. The molecule has 0 fully saturated rings. The highest BCUT2D eigenvalue weighted by Gasteiger charge is 2.14. The monoisotopic (exact) mass is 247 g/mol. The SMILES string of the molecule is CCCNC(=O)Nc1ccc2c(c1)CCCN2C. The number of fused-ring (bicyclic) bond motifs is 1. The summed E-state index contributed by atoms with van der Waals surface area (Å²) in [6.45, 7) is 3.85. The van der Waals surface area contributed by atoms with Gasteiger partial charge in [0.1, 0.15) is 0 Å². The molecule has 2 amide bonds. The lowest BCUT2D eigenvalue weighted by Crippen LogP contribution is -2.29. The highest BCUT2D eigenvalue weighted by Crippen LogP contribution is 2.28. The zero-order chi connectivity index (χ0) is 13.0. The van der Waals surface area contributed by atoms with Crippen molar-refractivity contribution in [3.05, 3.63) is 23.8 Å². The van der Waals surface area contributed by atoms with Crippen molar-refractivity contribution in [1.82, 2.24) is 5.32 Å². The van der Waals surface area contributed by atoms with Gasteiger partial charge in [0.25, 0.3) is 0 Å². The van der Waals surface area contributed by atoms with E-state index >= 15 is 0 Å². The van der Waals surface area contributed by atoms with Gasteiger partial charge in [0.05, 0.1) is 0 Å². The molecule has 1 aliphatic rings. The van der Waals surface area contributed by atoms with Crippen LogP contribution in [0.4, 0.5) is 16.2 Å². The molecule has 4 heteroatoms. The molecule has 0 saturated heterocycles. The summed E-state index contributed by atoms with van der Waals surface area (Å²) in [6.07, 6.45) is 3.21. The molecule has 0 unspecified atom stereocenters. The summed E-state index contributed by atoms with van der Waals surface area (Å²) >= 11 is 0. The predicted octanol–water partition coefficient (Wildman–Crippen LogP) is 2.60. The van der Waals surface area contributed by atoms with Crippen LogP contribution >= 0.6 is 0 Å². The van der Waals surface area contributed by atoms with Crippen molar-refractivity contribution in [3.8, 4) is 0 Å². The second-order valence-electron chi connectivity index (χ2n) is 4.75. The molecule has 1 aromatic rings. The van der Waals surface area contributed by atoms with Crippen molar-refractivity contribution >= 4 is 17.4 Å². The first-order chi connectivity index (χ1) is 8.70. The number of nitrogens with one attached hydrogen (secondary N) is 2. The molecule has 98 valence electrons. The van der Waals surface area contributed by atoms with Gasteiger partial charge < -0.3 is 15.5 Å². The van der Waals surface area contributed by atoms with Crippen LogP contribution in [-0.2, 0) is 6.42 Å². The number of benzene rings is 1. The van der Waals surface area contributed by atoms with E-state index in [1.54, 1.807) is 0 Å². The molecule has 1 aliphatic heterocycles. The normalized spacial score (nSPS) is 14.0. The fourth-order valence-corrected chi connectivity index (χ4v) is 2.28. The van der Waals surface area contributed by atoms with Gasteiger partial charge in [0, 0.05) is 31.5 Å². The fourth-order valence-electron chi connectivity index (χ4n) is 2.28. The summed E-state index contributed by atoms with van der Waals surface area (Å²) < 4.78 is 0. The molecule has 0 aromatic heterocycles. The molecule has 0 aliphatic carbocycles. The maximum absolute atomic E-state index is 11.6. The number of hydrogen-bond donors (Lipinski definition) is 2. The van der Waals surface area contributed by atoms with E-state index in [-0.39, 0.29) is 6.03 Å². The fraction of sp³-hybridized carbons (Fsp3) is 0.500. The van der Waals surface area contributed by atoms with Crippen LogP contribution in [0.1, 0.15) is 25.3 Å². The lowest BCUT2D eigenvalue weighted by molar-refractivity contribution is 0.252. The first-order valence-electron chi connectivity index (χ1n) is 6.59. The van der Waals surface area contributed by atoms with Crippen molar-refractivity contribution in [2.45, 2.75) is 26.2 Å². The van der Waals surface area contributed by atoms with Gasteiger partial charge in [-0.15, -0.1) is 0 Å². The third kappa shape index (κ3) is 2.94. The second-order valence-corrected chi connectivity index (χ2v) is 4.75. The van der Waals surface area contributed by atoms with Crippen LogP contribution in [-0.4, -0.2) is 26.2 Å². The van der Waals surface area contributed by atoms with Crippen LogP contribution in [0.5, 0.6) is 0 Å². The van der Waals surface area contributed by atoms with Gasteiger partial charge in [-0.1, -0.05) is 6.92 Å². The zero-order valence-corrected chi connectivity index (χ0v) is 11.1. The minimum absolute atomic E-state index is 0.124. The molecule has 0 bridgehead atoms. The van der Waals surface area contributed by atoms with Crippen LogP contribution in [0, 0.1) is 0 Å². The van der Waals surface area contributed by atoms with E-state index in [2.05, 4.69) is 34.7 Å². The highest BCUT2D eigenvalue weighted by atomic mass is 16.2. The average Bonchev–Trinajstić information content (AvgIpc) is 2.36. The second kappa shape index (κ2) is 5.76. The van der Waals surface area contributed by atoms with E-state index in [0.29, 0.717) is 6.54 Å². The number of carbonyl (C=O) groups excluding carboxylic acids is 1. The Bertz CT molecular complexity index is 431. The van der Waals surface area contributed by atoms with Crippen molar-refractivity contribution in [3.63, 3.8) is 0 Å². The van der Waals surface area contributed by atoms with Gasteiger partial charge in [-0.3, -0.25) is 0 Å². The number of carbonyl (C=O) groups is 1. The Labute approximate surface area is 108 Å². The number of urea groups is 1. The molecule has 0 spiro atoms. The Morgan fingerprint density at radius 3 is 3.06 bits per heavy atom. The number of nitrogens with zero attached hydrogens (tertiary/aromatic N) is 1. The number of anilines is 2. The number of rotatable bonds is 3. The minimum Gasteiger partial charge on any atom is -0.374 e. The summed E-state index contributed by atoms with van der Waals surface area (Å²) in [6, 6.07) is 6.01. The lowest BCUT2D eigenvalue weighted by Gasteiger charge is -2.27. The van der Waals surface area contributed by atoms with Gasteiger partial charge in [-0.25, -0.2) is 4.79 Å². The average molecular weight is 247 g/mol. The summed E-state index contributed by atoms with van der Waals surface area (Å²) in [5, 5.41) is 5.68. The minimum atomic E-state index is -0.124. The molecule has 2 rings (SSSR count). The Morgan fingerprint density at radius 2 is 2.28 bits per heavy atom. The summed E-state index contributed by atoms with van der Waals surface area (Å²) in [5.41, 5.74) is 3.47. The topological polar surface area (TPSA) is 44.4 Å². The van der Waals surface area contributed by atoms with Crippen LogP contribution in [0.3, 0.4) is 0 Å². The van der Waals surface area contributed by atoms with E-state index in [1.807, 2.05) is 13.0 Å². The van der Waals surface area contributed by atoms with Crippen LogP contribution < -0.4 is 15.5 Å². The summed E-state index contributed by atoms with van der Waals surface area (Å²) in [7, 11) is 2.11. The smallest absolute Gasteiger partial charge is 0.319 e. The number of amides is 2. The molecule has 0 radical (unpaired) electrons. The summed E-state index contributed by atoms with van der Waals surface area (Å²) in [4.78, 5) is 13.8. The molecular weight excluding hydrogens is 226 g/mol.